The number of hydrogen-bond acceptors (Lipinski definition) is 5. The highest BCUT2D eigenvalue weighted by Gasteiger charge is 2.13. The summed E-state index contributed by atoms with van der Waals surface area (Å²) in [4.78, 5) is 15.4. The summed E-state index contributed by atoms with van der Waals surface area (Å²) in [5, 5.41) is 0. The number of rotatable bonds is 5. The van der Waals surface area contributed by atoms with Crippen LogP contribution in [-0.4, -0.2) is 37.4 Å². The second-order valence-corrected chi connectivity index (χ2v) is 4.53. The first kappa shape index (κ1) is 14.0. The summed E-state index contributed by atoms with van der Waals surface area (Å²) in [6.45, 7) is 1.86. The van der Waals surface area contributed by atoms with E-state index >= 15 is 0 Å². The van der Waals surface area contributed by atoms with Crippen LogP contribution in [0.25, 0.3) is 0 Å². The van der Waals surface area contributed by atoms with Crippen molar-refractivity contribution in [1.29, 1.82) is 0 Å². The summed E-state index contributed by atoms with van der Waals surface area (Å²) >= 11 is 0. The average molecular weight is 265 g/mol. The molecule has 1 saturated heterocycles. The molecule has 19 heavy (non-hydrogen) atoms. The molecule has 2 rings (SSSR count). The first-order valence-electron chi connectivity index (χ1n) is 6.52. The molecule has 104 valence electrons. The molecular formula is C14H19NO4. The molecule has 0 N–H and O–H groups in total. The van der Waals surface area contributed by atoms with Crippen LogP contribution < -0.4 is 0 Å². The summed E-state index contributed by atoms with van der Waals surface area (Å²) in [6.07, 6.45) is 5.13. The molecule has 1 aromatic heterocycles. The summed E-state index contributed by atoms with van der Waals surface area (Å²) in [6, 6.07) is 3.46. The minimum atomic E-state index is -0.379. The Kier molecular flexibility index (Phi) is 5.30. The number of ether oxygens (including phenoxy) is 3. The maximum atomic E-state index is 11.2. The maximum absolute atomic E-state index is 11.2. The van der Waals surface area contributed by atoms with Gasteiger partial charge in [0.2, 0.25) is 0 Å². The van der Waals surface area contributed by atoms with E-state index in [2.05, 4.69) is 9.72 Å². The number of nitrogens with zero attached hydrogens (tertiary/aromatic N) is 1. The first-order chi connectivity index (χ1) is 9.29. The lowest BCUT2D eigenvalue weighted by molar-refractivity contribution is -0.0452. The van der Waals surface area contributed by atoms with Gasteiger partial charge >= 0.3 is 5.97 Å². The number of aromatic nitrogens is 1. The molecule has 0 bridgehead atoms. The molecule has 1 aliphatic rings. The van der Waals surface area contributed by atoms with E-state index in [9.17, 15) is 4.79 Å². The van der Waals surface area contributed by atoms with E-state index in [0.717, 1.165) is 25.1 Å². The molecular weight excluding hydrogens is 246 g/mol. The summed E-state index contributed by atoms with van der Waals surface area (Å²) < 4.78 is 15.8. The molecule has 0 saturated carbocycles. The van der Waals surface area contributed by atoms with Gasteiger partial charge in [0.15, 0.2) is 0 Å². The van der Waals surface area contributed by atoms with Crippen LogP contribution in [0.2, 0.25) is 0 Å². The molecule has 1 atom stereocenters. The quantitative estimate of drug-likeness (QED) is 0.762. The molecule has 1 fully saturated rings. The van der Waals surface area contributed by atoms with Crippen molar-refractivity contribution in [1.82, 2.24) is 4.98 Å². The smallest absolute Gasteiger partial charge is 0.339 e. The summed E-state index contributed by atoms with van der Waals surface area (Å²) in [7, 11) is 1.35. The fourth-order valence-electron chi connectivity index (χ4n) is 1.98. The second-order valence-electron chi connectivity index (χ2n) is 4.53. The maximum Gasteiger partial charge on any atom is 0.339 e. The molecule has 0 radical (unpaired) electrons. The largest absolute Gasteiger partial charge is 0.465 e. The van der Waals surface area contributed by atoms with Crippen LogP contribution in [-0.2, 0) is 20.8 Å². The lowest BCUT2D eigenvalue weighted by atomic mass is 10.1. The van der Waals surface area contributed by atoms with E-state index in [1.807, 2.05) is 0 Å². The Morgan fingerprint density at radius 3 is 3.00 bits per heavy atom. The highest BCUT2D eigenvalue weighted by molar-refractivity contribution is 5.88. The zero-order valence-corrected chi connectivity index (χ0v) is 11.1. The second kappa shape index (κ2) is 7.21. The van der Waals surface area contributed by atoms with Crippen molar-refractivity contribution in [3.05, 3.63) is 29.6 Å². The molecule has 1 unspecified atom stereocenters. The van der Waals surface area contributed by atoms with Gasteiger partial charge in [0.1, 0.15) is 0 Å². The first-order valence-corrected chi connectivity index (χ1v) is 6.52. The van der Waals surface area contributed by atoms with Crippen molar-refractivity contribution >= 4 is 5.97 Å². The third-order valence-corrected chi connectivity index (χ3v) is 3.07. The van der Waals surface area contributed by atoms with Crippen molar-refractivity contribution in [2.75, 3.05) is 20.3 Å². The highest BCUT2D eigenvalue weighted by Crippen LogP contribution is 2.13. The van der Waals surface area contributed by atoms with Crippen LogP contribution in [0.5, 0.6) is 0 Å². The van der Waals surface area contributed by atoms with Crippen LogP contribution in [0.15, 0.2) is 18.3 Å². The molecule has 5 heteroatoms. The van der Waals surface area contributed by atoms with Gasteiger partial charge in [-0.25, -0.2) is 4.79 Å². The predicted octanol–water partition coefficient (Wildman–Crippen LogP) is 1.95. The van der Waals surface area contributed by atoms with Gasteiger partial charge in [0, 0.05) is 12.8 Å². The van der Waals surface area contributed by atoms with E-state index < -0.39 is 0 Å². The fraction of sp³-hybridized carbons (Fsp3) is 0.571. The third kappa shape index (κ3) is 4.29. The van der Waals surface area contributed by atoms with E-state index in [1.54, 1.807) is 12.1 Å². The summed E-state index contributed by atoms with van der Waals surface area (Å²) in [5.41, 5.74) is 1.24. The molecule has 2 heterocycles. The minimum Gasteiger partial charge on any atom is -0.465 e. The zero-order valence-electron chi connectivity index (χ0n) is 11.1. The number of esters is 1. The molecule has 0 amide bonds. The number of carbonyl (C=O) groups is 1. The van der Waals surface area contributed by atoms with E-state index in [4.69, 9.17) is 9.47 Å². The molecule has 0 spiro atoms. The van der Waals surface area contributed by atoms with Gasteiger partial charge in [-0.1, -0.05) is 0 Å². The minimum absolute atomic E-state index is 0.211. The summed E-state index contributed by atoms with van der Waals surface area (Å²) in [5.74, 6) is -0.379. The molecule has 0 aromatic carbocycles. The van der Waals surface area contributed by atoms with Crippen molar-refractivity contribution in [2.45, 2.75) is 32.0 Å². The van der Waals surface area contributed by atoms with E-state index in [-0.39, 0.29) is 12.1 Å². The molecule has 1 aromatic rings. The Labute approximate surface area is 112 Å². The van der Waals surface area contributed by atoms with Gasteiger partial charge < -0.3 is 14.2 Å². The SMILES string of the molecule is COC(=O)c1ccc(COCC2CCCCO2)nc1. The van der Waals surface area contributed by atoms with Gasteiger partial charge in [-0.15, -0.1) is 0 Å². The molecule has 0 aliphatic carbocycles. The number of hydrogen-bond donors (Lipinski definition) is 0. The van der Waals surface area contributed by atoms with Crippen molar-refractivity contribution in [3.63, 3.8) is 0 Å². The van der Waals surface area contributed by atoms with Crippen molar-refractivity contribution < 1.29 is 19.0 Å². The lowest BCUT2D eigenvalue weighted by Crippen LogP contribution is -2.24. The normalized spacial score (nSPS) is 19.1. The fourth-order valence-corrected chi connectivity index (χ4v) is 1.98. The Bertz CT molecular complexity index is 398. The Morgan fingerprint density at radius 2 is 2.37 bits per heavy atom. The monoisotopic (exact) mass is 265 g/mol. The van der Waals surface area contributed by atoms with E-state index in [0.29, 0.717) is 18.8 Å². The van der Waals surface area contributed by atoms with Crippen LogP contribution in [0.1, 0.15) is 35.3 Å². The Hall–Kier alpha value is -1.46. The van der Waals surface area contributed by atoms with E-state index in [1.165, 1.54) is 19.7 Å². The standard InChI is InChI=1S/C14H19NO4/c1-17-14(16)11-5-6-12(15-8-11)9-18-10-13-4-2-3-7-19-13/h5-6,8,13H,2-4,7,9-10H2,1H3. The van der Waals surface area contributed by atoms with Gasteiger partial charge in [0.05, 0.1) is 37.7 Å². The van der Waals surface area contributed by atoms with Crippen LogP contribution in [0, 0.1) is 0 Å². The topological polar surface area (TPSA) is 57.7 Å². The highest BCUT2D eigenvalue weighted by atomic mass is 16.5. The zero-order chi connectivity index (χ0) is 13.5. The molecule has 5 nitrogen and oxygen atoms in total. The molecule has 1 aliphatic heterocycles. The number of pyridine rings is 1. The number of carbonyl (C=O) groups excluding carboxylic acids is 1. The lowest BCUT2D eigenvalue weighted by Gasteiger charge is -2.22. The number of methoxy groups -OCH3 is 1. The third-order valence-electron chi connectivity index (χ3n) is 3.07. The Morgan fingerprint density at radius 1 is 1.47 bits per heavy atom. The van der Waals surface area contributed by atoms with Crippen LogP contribution in [0.4, 0.5) is 0 Å². The van der Waals surface area contributed by atoms with Gasteiger partial charge in [-0.2, -0.15) is 0 Å². The van der Waals surface area contributed by atoms with Crippen molar-refractivity contribution in [2.24, 2.45) is 0 Å². The van der Waals surface area contributed by atoms with Crippen LogP contribution in [0.3, 0.4) is 0 Å². The van der Waals surface area contributed by atoms with Gasteiger partial charge in [0.25, 0.3) is 0 Å². The predicted molar refractivity (Wildman–Crippen MR) is 68.8 cm³/mol. The average Bonchev–Trinajstić information content (AvgIpc) is 2.48. The van der Waals surface area contributed by atoms with Gasteiger partial charge in [-0.3, -0.25) is 4.98 Å². The van der Waals surface area contributed by atoms with Crippen LogP contribution >= 0.6 is 0 Å². The van der Waals surface area contributed by atoms with Gasteiger partial charge in [-0.05, 0) is 31.4 Å². The van der Waals surface area contributed by atoms with Crippen molar-refractivity contribution in [3.8, 4) is 0 Å². The Balaban J connectivity index is 1.75.